The molecule has 1 unspecified atom stereocenters. The molecule has 1 heterocycles. The predicted molar refractivity (Wildman–Crippen MR) is 75.5 cm³/mol. The van der Waals surface area contributed by atoms with E-state index >= 15 is 0 Å². The first kappa shape index (κ1) is 15.9. The topological polar surface area (TPSA) is 43.8 Å². The van der Waals surface area contributed by atoms with E-state index in [1.807, 2.05) is 6.92 Å². The van der Waals surface area contributed by atoms with Crippen LogP contribution in [0.4, 0.5) is 13.2 Å². The van der Waals surface area contributed by atoms with E-state index in [-0.39, 0.29) is 6.04 Å². The van der Waals surface area contributed by atoms with Crippen LogP contribution in [-0.2, 0) is 12.6 Å². The number of halogens is 4. The van der Waals surface area contributed by atoms with Crippen LogP contribution in [0.1, 0.15) is 24.6 Å². The van der Waals surface area contributed by atoms with E-state index in [0.717, 1.165) is 22.7 Å². The molecule has 7 heteroatoms. The highest BCUT2D eigenvalue weighted by Gasteiger charge is 2.33. The summed E-state index contributed by atoms with van der Waals surface area (Å²) in [7, 11) is 0. The molecule has 1 atom stereocenters. The Kier molecular flexibility index (Phi) is 4.58. The molecular weight excluding hydrogens is 303 g/mol. The van der Waals surface area contributed by atoms with Gasteiger partial charge in [0.15, 0.2) is 5.69 Å². The maximum atomic E-state index is 12.7. The zero-order valence-corrected chi connectivity index (χ0v) is 12.1. The second-order valence-corrected chi connectivity index (χ2v) is 5.17. The summed E-state index contributed by atoms with van der Waals surface area (Å²) < 4.78 is 39.1. The van der Waals surface area contributed by atoms with Gasteiger partial charge >= 0.3 is 6.18 Å². The summed E-state index contributed by atoms with van der Waals surface area (Å²) in [5.41, 5.74) is 6.19. The number of rotatable bonds is 4. The Morgan fingerprint density at radius 1 is 1.33 bits per heavy atom. The molecule has 0 fully saturated rings. The molecule has 0 amide bonds. The Bertz CT molecular complexity index is 622. The Morgan fingerprint density at radius 3 is 2.62 bits per heavy atom. The van der Waals surface area contributed by atoms with Crippen LogP contribution in [0, 0.1) is 0 Å². The third-order valence-corrected chi connectivity index (χ3v) is 3.49. The van der Waals surface area contributed by atoms with Gasteiger partial charge in [0.05, 0.1) is 10.7 Å². The minimum Gasteiger partial charge on any atom is -0.327 e. The Labute approximate surface area is 125 Å². The first-order valence-corrected chi connectivity index (χ1v) is 6.87. The molecule has 0 spiro atoms. The normalized spacial score (nSPS) is 13.4. The molecular formula is C14H15ClF3N3. The monoisotopic (exact) mass is 317 g/mol. The molecule has 114 valence electrons. The van der Waals surface area contributed by atoms with Gasteiger partial charge in [0, 0.05) is 12.2 Å². The standard InChI is InChI=1S/C14H15ClF3N3/c1-2-10(19)8-9-4-3-5-11(15)13(9)21-7-6-12(20-21)14(16,17)18/h3-7,10H,2,8,19H2,1H3. The zero-order chi connectivity index (χ0) is 15.6. The SMILES string of the molecule is CCC(N)Cc1cccc(Cl)c1-n1ccc(C(F)(F)F)n1. The Morgan fingerprint density at radius 2 is 2.05 bits per heavy atom. The maximum absolute atomic E-state index is 12.7. The lowest BCUT2D eigenvalue weighted by molar-refractivity contribution is -0.141. The van der Waals surface area contributed by atoms with Crippen LogP contribution in [0.15, 0.2) is 30.5 Å². The van der Waals surface area contributed by atoms with Gasteiger partial charge in [0.1, 0.15) is 0 Å². The maximum Gasteiger partial charge on any atom is 0.435 e. The van der Waals surface area contributed by atoms with Crippen molar-refractivity contribution in [2.24, 2.45) is 5.73 Å². The minimum absolute atomic E-state index is 0.0835. The van der Waals surface area contributed by atoms with Crippen molar-refractivity contribution < 1.29 is 13.2 Å². The predicted octanol–water partition coefficient (Wildman–Crippen LogP) is 3.82. The fraction of sp³-hybridized carbons (Fsp3) is 0.357. The molecule has 0 aliphatic rings. The van der Waals surface area contributed by atoms with Crippen molar-refractivity contribution in [2.45, 2.75) is 32.0 Å². The molecule has 1 aromatic carbocycles. The number of aromatic nitrogens is 2. The lowest BCUT2D eigenvalue weighted by Gasteiger charge is -2.15. The summed E-state index contributed by atoms with van der Waals surface area (Å²) >= 11 is 6.13. The van der Waals surface area contributed by atoms with E-state index < -0.39 is 11.9 Å². The van der Waals surface area contributed by atoms with Crippen molar-refractivity contribution in [3.05, 3.63) is 46.7 Å². The van der Waals surface area contributed by atoms with Gasteiger partial charge in [0.2, 0.25) is 0 Å². The van der Waals surface area contributed by atoms with Gasteiger partial charge in [-0.2, -0.15) is 18.3 Å². The van der Waals surface area contributed by atoms with Crippen molar-refractivity contribution >= 4 is 11.6 Å². The van der Waals surface area contributed by atoms with E-state index in [0.29, 0.717) is 17.1 Å². The number of hydrogen-bond acceptors (Lipinski definition) is 2. The van der Waals surface area contributed by atoms with E-state index in [1.165, 1.54) is 6.20 Å². The Balaban J connectivity index is 2.45. The molecule has 2 rings (SSSR count). The largest absolute Gasteiger partial charge is 0.435 e. The molecule has 21 heavy (non-hydrogen) atoms. The average molecular weight is 318 g/mol. The summed E-state index contributed by atoms with van der Waals surface area (Å²) in [5, 5.41) is 3.91. The second-order valence-electron chi connectivity index (χ2n) is 4.76. The fourth-order valence-corrected chi connectivity index (χ4v) is 2.29. The molecule has 0 saturated heterocycles. The lowest BCUT2D eigenvalue weighted by atomic mass is 10.0. The molecule has 1 aromatic heterocycles. The number of hydrogen-bond donors (Lipinski definition) is 1. The van der Waals surface area contributed by atoms with Gasteiger partial charge < -0.3 is 5.73 Å². The minimum atomic E-state index is -4.48. The number of nitrogens with zero attached hydrogens (tertiary/aromatic N) is 2. The summed E-state index contributed by atoms with van der Waals surface area (Å²) in [5.74, 6) is 0. The molecule has 0 aliphatic carbocycles. The molecule has 3 nitrogen and oxygen atoms in total. The van der Waals surface area contributed by atoms with Gasteiger partial charge in [-0.25, -0.2) is 4.68 Å². The smallest absolute Gasteiger partial charge is 0.327 e. The van der Waals surface area contributed by atoms with Gasteiger partial charge in [-0.05, 0) is 30.5 Å². The highest BCUT2D eigenvalue weighted by molar-refractivity contribution is 6.32. The van der Waals surface area contributed by atoms with Crippen LogP contribution >= 0.6 is 11.6 Å². The van der Waals surface area contributed by atoms with Crippen LogP contribution in [0.5, 0.6) is 0 Å². The summed E-state index contributed by atoms with van der Waals surface area (Å²) in [4.78, 5) is 0. The van der Waals surface area contributed by atoms with Crippen LogP contribution in [0.3, 0.4) is 0 Å². The number of benzene rings is 1. The van der Waals surface area contributed by atoms with Crippen molar-refractivity contribution in [2.75, 3.05) is 0 Å². The van der Waals surface area contributed by atoms with Crippen molar-refractivity contribution in [3.8, 4) is 5.69 Å². The molecule has 0 radical (unpaired) electrons. The highest BCUT2D eigenvalue weighted by Crippen LogP contribution is 2.30. The van der Waals surface area contributed by atoms with Crippen molar-refractivity contribution in [1.82, 2.24) is 9.78 Å². The third kappa shape index (κ3) is 3.57. The van der Waals surface area contributed by atoms with Crippen molar-refractivity contribution in [1.29, 1.82) is 0 Å². The summed E-state index contributed by atoms with van der Waals surface area (Å²) in [6, 6.07) is 6.00. The van der Waals surface area contributed by atoms with E-state index in [4.69, 9.17) is 17.3 Å². The van der Waals surface area contributed by atoms with Crippen LogP contribution in [-0.4, -0.2) is 15.8 Å². The lowest BCUT2D eigenvalue weighted by Crippen LogP contribution is -2.22. The molecule has 0 bridgehead atoms. The fourth-order valence-electron chi connectivity index (χ4n) is 2.01. The zero-order valence-electron chi connectivity index (χ0n) is 11.4. The number of nitrogens with two attached hydrogens (primary N) is 1. The number of para-hydroxylation sites is 1. The first-order valence-electron chi connectivity index (χ1n) is 6.49. The average Bonchev–Trinajstić information content (AvgIpc) is 2.88. The first-order chi connectivity index (χ1) is 9.82. The van der Waals surface area contributed by atoms with Gasteiger partial charge in [-0.1, -0.05) is 30.7 Å². The molecule has 2 aromatic rings. The quantitative estimate of drug-likeness (QED) is 0.931. The van der Waals surface area contributed by atoms with Gasteiger partial charge in [0.25, 0.3) is 0 Å². The van der Waals surface area contributed by atoms with E-state index in [2.05, 4.69) is 5.10 Å². The van der Waals surface area contributed by atoms with E-state index in [1.54, 1.807) is 18.2 Å². The summed E-state index contributed by atoms with van der Waals surface area (Å²) in [6.45, 7) is 1.95. The van der Waals surface area contributed by atoms with Crippen LogP contribution < -0.4 is 5.73 Å². The van der Waals surface area contributed by atoms with Crippen LogP contribution in [0.25, 0.3) is 5.69 Å². The Hall–Kier alpha value is -1.53. The van der Waals surface area contributed by atoms with Crippen LogP contribution in [0.2, 0.25) is 5.02 Å². The number of alkyl halides is 3. The van der Waals surface area contributed by atoms with Gasteiger partial charge in [-0.15, -0.1) is 0 Å². The highest BCUT2D eigenvalue weighted by atomic mass is 35.5. The third-order valence-electron chi connectivity index (χ3n) is 3.19. The van der Waals surface area contributed by atoms with Gasteiger partial charge in [-0.3, -0.25) is 0 Å². The molecule has 0 aliphatic heterocycles. The molecule has 2 N–H and O–H groups in total. The molecule has 0 saturated carbocycles. The van der Waals surface area contributed by atoms with Crippen molar-refractivity contribution in [3.63, 3.8) is 0 Å². The van der Waals surface area contributed by atoms with E-state index in [9.17, 15) is 13.2 Å². The second kappa shape index (κ2) is 6.07. The summed E-state index contributed by atoms with van der Waals surface area (Å²) in [6.07, 6.45) is -1.94.